The predicted molar refractivity (Wildman–Crippen MR) is 94.7 cm³/mol. The molecule has 24 heavy (non-hydrogen) atoms. The summed E-state index contributed by atoms with van der Waals surface area (Å²) in [5.41, 5.74) is 1.60. The van der Waals surface area contributed by atoms with E-state index in [2.05, 4.69) is 18.9 Å². The molecule has 7 heteroatoms. The first kappa shape index (κ1) is 18.5. The number of aromatic nitrogens is 2. The molecule has 1 aliphatic heterocycles. The Hall–Kier alpha value is -1.82. The molecule has 1 aliphatic rings. The van der Waals surface area contributed by atoms with Crippen LogP contribution in [-0.4, -0.2) is 57.6 Å². The number of nitrogens with zero attached hydrogens (tertiary/aromatic N) is 4. The molecule has 0 spiro atoms. The van der Waals surface area contributed by atoms with E-state index in [0.717, 1.165) is 17.8 Å². The zero-order valence-electron chi connectivity index (χ0n) is 14.8. The second-order valence-corrected chi connectivity index (χ2v) is 6.89. The minimum absolute atomic E-state index is 0.0533. The minimum Gasteiger partial charge on any atom is -0.339 e. The van der Waals surface area contributed by atoms with E-state index in [1.54, 1.807) is 33.6 Å². The van der Waals surface area contributed by atoms with Crippen LogP contribution in [0.15, 0.2) is 6.08 Å². The Balaban J connectivity index is 2.02. The van der Waals surface area contributed by atoms with Crippen LogP contribution >= 0.6 is 11.6 Å². The second-order valence-electron chi connectivity index (χ2n) is 6.53. The average Bonchev–Trinajstić information content (AvgIpc) is 2.78. The van der Waals surface area contributed by atoms with Crippen molar-refractivity contribution in [2.45, 2.75) is 34.2 Å². The molecule has 0 aromatic carbocycles. The van der Waals surface area contributed by atoms with Crippen molar-refractivity contribution in [2.24, 2.45) is 5.92 Å². The van der Waals surface area contributed by atoms with Crippen molar-refractivity contribution in [2.75, 3.05) is 26.2 Å². The molecule has 6 nitrogen and oxygen atoms in total. The summed E-state index contributed by atoms with van der Waals surface area (Å²) >= 11 is 6.38. The molecule has 2 amide bonds. The van der Waals surface area contributed by atoms with E-state index in [9.17, 15) is 9.59 Å². The van der Waals surface area contributed by atoms with Gasteiger partial charge in [0.05, 0.1) is 5.69 Å². The van der Waals surface area contributed by atoms with Crippen molar-refractivity contribution >= 4 is 29.5 Å². The largest absolute Gasteiger partial charge is 0.339 e. The van der Waals surface area contributed by atoms with Gasteiger partial charge >= 0.3 is 0 Å². The highest BCUT2D eigenvalue weighted by molar-refractivity contribution is 6.31. The Kier molecular flexibility index (Phi) is 6.04. The molecule has 1 fully saturated rings. The Morgan fingerprint density at radius 2 is 1.79 bits per heavy atom. The van der Waals surface area contributed by atoms with Gasteiger partial charge in [0.25, 0.3) is 0 Å². The van der Waals surface area contributed by atoms with Crippen molar-refractivity contribution in [3.05, 3.63) is 22.5 Å². The van der Waals surface area contributed by atoms with E-state index in [-0.39, 0.29) is 11.8 Å². The van der Waals surface area contributed by atoms with Gasteiger partial charge in [0.1, 0.15) is 5.15 Å². The maximum atomic E-state index is 12.3. The van der Waals surface area contributed by atoms with Crippen molar-refractivity contribution in [3.8, 4) is 0 Å². The van der Waals surface area contributed by atoms with Crippen LogP contribution < -0.4 is 0 Å². The van der Waals surface area contributed by atoms with Crippen LogP contribution in [0.3, 0.4) is 0 Å². The van der Waals surface area contributed by atoms with Gasteiger partial charge in [0.2, 0.25) is 11.8 Å². The van der Waals surface area contributed by atoms with Gasteiger partial charge in [-0.15, -0.1) is 0 Å². The number of aryl methyl sites for hydroxylation is 1. The smallest absolute Gasteiger partial charge is 0.246 e. The molecule has 0 aliphatic carbocycles. The Labute approximate surface area is 148 Å². The number of carbonyl (C=O) groups excluding carboxylic acids is 2. The molecule has 0 radical (unpaired) electrons. The monoisotopic (exact) mass is 352 g/mol. The van der Waals surface area contributed by atoms with Gasteiger partial charge < -0.3 is 9.80 Å². The summed E-state index contributed by atoms with van der Waals surface area (Å²) in [6.45, 7) is 10.7. The quantitative estimate of drug-likeness (QED) is 0.780. The first-order chi connectivity index (χ1) is 11.3. The van der Waals surface area contributed by atoms with E-state index in [1.807, 2.05) is 6.92 Å². The lowest BCUT2D eigenvalue weighted by Crippen LogP contribution is -2.49. The molecule has 132 valence electrons. The highest BCUT2D eigenvalue weighted by Gasteiger charge is 2.21. The van der Waals surface area contributed by atoms with Crippen LogP contribution in [0.2, 0.25) is 5.15 Å². The third-order valence-corrected chi connectivity index (χ3v) is 4.48. The maximum Gasteiger partial charge on any atom is 0.246 e. The molecular formula is C17H25ClN4O2. The summed E-state index contributed by atoms with van der Waals surface area (Å²) < 4.78 is 1.78. The van der Waals surface area contributed by atoms with E-state index in [0.29, 0.717) is 37.3 Å². The molecule has 0 unspecified atom stereocenters. The molecule has 1 aromatic heterocycles. The van der Waals surface area contributed by atoms with Gasteiger partial charge in [-0.05, 0) is 18.9 Å². The van der Waals surface area contributed by atoms with E-state index >= 15 is 0 Å². The average molecular weight is 353 g/mol. The van der Waals surface area contributed by atoms with Crippen molar-refractivity contribution in [1.82, 2.24) is 19.6 Å². The van der Waals surface area contributed by atoms with Crippen LogP contribution in [0, 0.1) is 12.8 Å². The first-order valence-electron chi connectivity index (χ1n) is 8.25. The summed E-state index contributed by atoms with van der Waals surface area (Å²) in [5, 5.41) is 5.00. The number of halogens is 1. The Morgan fingerprint density at radius 3 is 2.33 bits per heavy atom. The highest BCUT2D eigenvalue weighted by Crippen LogP contribution is 2.22. The maximum absolute atomic E-state index is 12.3. The van der Waals surface area contributed by atoms with Gasteiger partial charge in [-0.25, -0.2) is 0 Å². The molecule has 1 saturated heterocycles. The summed E-state index contributed by atoms with van der Waals surface area (Å²) in [6, 6.07) is 0. The fourth-order valence-electron chi connectivity index (χ4n) is 2.73. The summed E-state index contributed by atoms with van der Waals surface area (Å²) in [4.78, 5) is 27.1. The topological polar surface area (TPSA) is 58.4 Å². The predicted octanol–water partition coefficient (Wildman–Crippen LogP) is 2.20. The van der Waals surface area contributed by atoms with E-state index in [1.165, 1.54) is 0 Å². The first-order valence-corrected chi connectivity index (χ1v) is 8.62. The number of carbonyl (C=O) groups is 2. The number of hydrogen-bond donors (Lipinski definition) is 0. The lowest BCUT2D eigenvalue weighted by Gasteiger charge is -2.33. The standard InChI is InChI=1S/C17H25ClN4O2/c1-12(2)11-22-17(18)15(13(3)19-22)5-6-16(24)21-9-7-20(8-10-21)14(4)23/h5-6,12H,7-11H2,1-4H3/b6-5+. The second kappa shape index (κ2) is 7.83. The van der Waals surface area contributed by atoms with Crippen LogP contribution in [0.25, 0.3) is 6.08 Å². The zero-order valence-corrected chi connectivity index (χ0v) is 15.5. The van der Waals surface area contributed by atoms with E-state index in [4.69, 9.17) is 11.6 Å². The summed E-state index contributed by atoms with van der Waals surface area (Å²) in [5.74, 6) is 0.431. The third-order valence-electron chi connectivity index (χ3n) is 4.08. The normalized spacial score (nSPS) is 15.6. The number of piperazine rings is 1. The molecular weight excluding hydrogens is 328 g/mol. The number of rotatable bonds is 4. The van der Waals surface area contributed by atoms with E-state index < -0.39 is 0 Å². The molecule has 1 aromatic rings. The van der Waals surface area contributed by atoms with Crippen LogP contribution in [-0.2, 0) is 16.1 Å². The molecule has 2 heterocycles. The fraction of sp³-hybridized carbons (Fsp3) is 0.588. The van der Waals surface area contributed by atoms with Crippen LogP contribution in [0.5, 0.6) is 0 Å². The van der Waals surface area contributed by atoms with Gasteiger partial charge in [-0.3, -0.25) is 14.3 Å². The molecule has 2 rings (SSSR count). The van der Waals surface area contributed by atoms with Crippen LogP contribution in [0.1, 0.15) is 32.0 Å². The van der Waals surface area contributed by atoms with Gasteiger partial charge in [-0.2, -0.15) is 5.10 Å². The van der Waals surface area contributed by atoms with Gasteiger partial charge in [-0.1, -0.05) is 25.4 Å². The third kappa shape index (κ3) is 4.38. The highest BCUT2D eigenvalue weighted by atomic mass is 35.5. The SMILES string of the molecule is CC(=O)N1CCN(C(=O)/C=C/c2c(C)nn(CC(C)C)c2Cl)CC1. The minimum atomic E-state index is -0.0646. The van der Waals surface area contributed by atoms with Crippen molar-refractivity contribution in [3.63, 3.8) is 0 Å². The lowest BCUT2D eigenvalue weighted by atomic mass is 10.2. The fourth-order valence-corrected chi connectivity index (χ4v) is 3.03. The summed E-state index contributed by atoms with van der Waals surface area (Å²) in [7, 11) is 0. The molecule has 0 N–H and O–H groups in total. The zero-order chi connectivity index (χ0) is 17.9. The van der Waals surface area contributed by atoms with Crippen LogP contribution in [0.4, 0.5) is 0 Å². The summed E-state index contributed by atoms with van der Waals surface area (Å²) in [6.07, 6.45) is 3.28. The number of amides is 2. The molecule has 0 atom stereocenters. The van der Waals surface area contributed by atoms with Gasteiger partial charge in [0, 0.05) is 51.3 Å². The van der Waals surface area contributed by atoms with Crippen molar-refractivity contribution in [1.29, 1.82) is 0 Å². The molecule has 0 saturated carbocycles. The van der Waals surface area contributed by atoms with Crippen molar-refractivity contribution < 1.29 is 9.59 Å². The Bertz CT molecular complexity index is 643. The lowest BCUT2D eigenvalue weighted by molar-refractivity contribution is -0.135. The van der Waals surface area contributed by atoms with Gasteiger partial charge in [0.15, 0.2) is 0 Å². The number of hydrogen-bond acceptors (Lipinski definition) is 3. The molecule has 0 bridgehead atoms. The Morgan fingerprint density at radius 1 is 1.21 bits per heavy atom.